The lowest BCUT2D eigenvalue weighted by Crippen LogP contribution is -2.22. The lowest BCUT2D eigenvalue weighted by Gasteiger charge is -2.11. The summed E-state index contributed by atoms with van der Waals surface area (Å²) in [4.78, 5) is 24.5. The van der Waals surface area contributed by atoms with Gasteiger partial charge in [0.15, 0.2) is 6.61 Å². The van der Waals surface area contributed by atoms with E-state index in [0.717, 1.165) is 44.1 Å². The van der Waals surface area contributed by atoms with Crippen LogP contribution in [0.3, 0.4) is 0 Å². The average molecular weight is 387 g/mol. The first-order valence-corrected chi connectivity index (χ1v) is 9.42. The summed E-state index contributed by atoms with van der Waals surface area (Å²) < 4.78 is 10.8. The molecule has 3 aromatic carbocycles. The number of carbonyl (C=O) groups is 2. The van der Waals surface area contributed by atoms with Gasteiger partial charge in [0.1, 0.15) is 5.58 Å². The third kappa shape index (κ3) is 3.85. The van der Waals surface area contributed by atoms with Crippen molar-refractivity contribution in [1.29, 1.82) is 0 Å². The highest BCUT2D eigenvalue weighted by Gasteiger charge is 2.15. The molecule has 5 heteroatoms. The number of rotatable bonds is 5. The number of furan rings is 1. The topological polar surface area (TPSA) is 68.5 Å². The van der Waals surface area contributed by atoms with E-state index in [2.05, 4.69) is 5.32 Å². The molecule has 0 spiro atoms. The zero-order chi connectivity index (χ0) is 20.4. The molecule has 0 saturated heterocycles. The SMILES string of the molecule is Cc1cccc(C)c1NC(=O)COC(=O)Cc1coc2ccc3ccccc3c12. The fraction of sp³-hybridized carbons (Fsp3) is 0.167. The van der Waals surface area contributed by atoms with Crippen LogP contribution in [-0.2, 0) is 20.7 Å². The molecule has 5 nitrogen and oxygen atoms in total. The number of esters is 1. The fourth-order valence-electron chi connectivity index (χ4n) is 3.54. The monoisotopic (exact) mass is 387 g/mol. The summed E-state index contributed by atoms with van der Waals surface area (Å²) in [6.45, 7) is 3.51. The van der Waals surface area contributed by atoms with Gasteiger partial charge in [-0.1, -0.05) is 48.5 Å². The number of carbonyl (C=O) groups excluding carboxylic acids is 2. The molecule has 0 fully saturated rings. The van der Waals surface area contributed by atoms with Crippen molar-refractivity contribution in [1.82, 2.24) is 0 Å². The van der Waals surface area contributed by atoms with E-state index in [9.17, 15) is 9.59 Å². The predicted octanol–water partition coefficient (Wildman–Crippen LogP) is 4.93. The van der Waals surface area contributed by atoms with E-state index in [1.54, 1.807) is 6.26 Å². The Morgan fingerprint density at radius 2 is 1.72 bits per heavy atom. The molecule has 4 aromatic rings. The number of amides is 1. The number of benzene rings is 3. The zero-order valence-corrected chi connectivity index (χ0v) is 16.3. The number of ether oxygens (including phenoxy) is 1. The van der Waals surface area contributed by atoms with Gasteiger partial charge in [-0.3, -0.25) is 9.59 Å². The molecule has 1 amide bonds. The number of aryl methyl sites for hydroxylation is 2. The molecule has 4 rings (SSSR count). The summed E-state index contributed by atoms with van der Waals surface area (Å²) in [6.07, 6.45) is 1.62. The summed E-state index contributed by atoms with van der Waals surface area (Å²) in [5.41, 5.74) is 4.14. The maximum Gasteiger partial charge on any atom is 0.310 e. The van der Waals surface area contributed by atoms with Crippen LogP contribution in [-0.4, -0.2) is 18.5 Å². The smallest absolute Gasteiger partial charge is 0.310 e. The Morgan fingerprint density at radius 1 is 0.966 bits per heavy atom. The van der Waals surface area contributed by atoms with Gasteiger partial charge < -0.3 is 14.5 Å². The Labute approximate surface area is 168 Å². The van der Waals surface area contributed by atoms with Crippen molar-refractivity contribution in [3.05, 3.63) is 77.6 Å². The Bertz CT molecular complexity index is 1200. The lowest BCUT2D eigenvalue weighted by molar-refractivity contribution is -0.146. The summed E-state index contributed by atoms with van der Waals surface area (Å²) in [6, 6.07) is 17.6. The van der Waals surface area contributed by atoms with Crippen LogP contribution in [0.4, 0.5) is 5.69 Å². The van der Waals surface area contributed by atoms with Crippen molar-refractivity contribution in [3.8, 4) is 0 Å². The van der Waals surface area contributed by atoms with E-state index < -0.39 is 5.97 Å². The van der Waals surface area contributed by atoms with Gasteiger partial charge in [-0.2, -0.15) is 0 Å². The van der Waals surface area contributed by atoms with Crippen LogP contribution in [0.15, 0.2) is 65.3 Å². The van der Waals surface area contributed by atoms with E-state index in [1.807, 2.05) is 68.4 Å². The van der Waals surface area contributed by atoms with Gasteiger partial charge in [-0.05, 0) is 41.8 Å². The molecule has 0 saturated carbocycles. The van der Waals surface area contributed by atoms with E-state index >= 15 is 0 Å². The Kier molecular flexibility index (Phi) is 5.04. The first-order valence-electron chi connectivity index (χ1n) is 9.42. The van der Waals surface area contributed by atoms with E-state index in [-0.39, 0.29) is 18.9 Å². The first kappa shape index (κ1) is 18.7. The number of fused-ring (bicyclic) bond motifs is 3. The molecule has 0 atom stereocenters. The van der Waals surface area contributed by atoms with E-state index in [0.29, 0.717) is 0 Å². The number of hydrogen-bond donors (Lipinski definition) is 1. The maximum absolute atomic E-state index is 12.3. The minimum Gasteiger partial charge on any atom is -0.464 e. The van der Waals surface area contributed by atoms with Crippen molar-refractivity contribution >= 4 is 39.3 Å². The van der Waals surface area contributed by atoms with Crippen LogP contribution in [0.2, 0.25) is 0 Å². The highest BCUT2D eigenvalue weighted by atomic mass is 16.5. The van der Waals surface area contributed by atoms with Crippen LogP contribution in [0, 0.1) is 13.8 Å². The Hall–Kier alpha value is -3.60. The highest BCUT2D eigenvalue weighted by molar-refractivity contribution is 6.08. The minimum absolute atomic E-state index is 0.0394. The van der Waals surface area contributed by atoms with Crippen molar-refractivity contribution in [3.63, 3.8) is 0 Å². The van der Waals surface area contributed by atoms with Crippen molar-refractivity contribution < 1.29 is 18.7 Å². The molecule has 29 heavy (non-hydrogen) atoms. The molecule has 0 unspecified atom stereocenters. The molecule has 1 aromatic heterocycles. The van der Waals surface area contributed by atoms with Crippen LogP contribution in [0.25, 0.3) is 21.7 Å². The number of hydrogen-bond acceptors (Lipinski definition) is 4. The second kappa shape index (κ2) is 7.80. The zero-order valence-electron chi connectivity index (χ0n) is 16.3. The Morgan fingerprint density at radius 3 is 2.52 bits per heavy atom. The second-order valence-electron chi connectivity index (χ2n) is 7.07. The summed E-state index contributed by atoms with van der Waals surface area (Å²) in [5, 5.41) is 5.81. The quantitative estimate of drug-likeness (QED) is 0.493. The van der Waals surface area contributed by atoms with Gasteiger partial charge in [0.2, 0.25) is 0 Å². The summed E-state index contributed by atoms with van der Waals surface area (Å²) in [7, 11) is 0. The molecule has 146 valence electrons. The molecular formula is C24H21NO4. The normalized spacial score (nSPS) is 11.0. The van der Waals surface area contributed by atoms with Gasteiger partial charge in [0.25, 0.3) is 5.91 Å². The fourth-order valence-corrected chi connectivity index (χ4v) is 3.54. The Balaban J connectivity index is 1.44. The van der Waals surface area contributed by atoms with Gasteiger partial charge >= 0.3 is 5.97 Å². The van der Waals surface area contributed by atoms with E-state index in [4.69, 9.17) is 9.15 Å². The highest BCUT2D eigenvalue weighted by Crippen LogP contribution is 2.30. The molecule has 1 N–H and O–H groups in total. The molecule has 0 aliphatic rings. The largest absolute Gasteiger partial charge is 0.464 e. The number of para-hydroxylation sites is 1. The third-order valence-electron chi connectivity index (χ3n) is 4.98. The van der Waals surface area contributed by atoms with Crippen molar-refractivity contribution in [2.45, 2.75) is 20.3 Å². The van der Waals surface area contributed by atoms with E-state index in [1.165, 1.54) is 0 Å². The van der Waals surface area contributed by atoms with Gasteiger partial charge in [-0.25, -0.2) is 0 Å². The number of nitrogens with one attached hydrogen (secondary N) is 1. The molecule has 1 heterocycles. The van der Waals surface area contributed by atoms with Crippen molar-refractivity contribution in [2.24, 2.45) is 0 Å². The standard InChI is InChI=1S/C24H21NO4/c1-15-6-5-7-16(2)24(15)25-21(26)14-29-22(27)12-18-13-28-20-11-10-17-8-3-4-9-19(17)23(18)20/h3-11,13H,12,14H2,1-2H3,(H,25,26). The molecule has 0 aliphatic heterocycles. The average Bonchev–Trinajstić information content (AvgIpc) is 3.12. The molecular weight excluding hydrogens is 366 g/mol. The van der Waals surface area contributed by atoms with Gasteiger partial charge in [0.05, 0.1) is 12.7 Å². The lowest BCUT2D eigenvalue weighted by atomic mass is 10.0. The number of anilines is 1. The third-order valence-corrected chi connectivity index (χ3v) is 4.98. The van der Waals surface area contributed by atoms with Crippen LogP contribution in [0.5, 0.6) is 0 Å². The van der Waals surface area contributed by atoms with Crippen LogP contribution >= 0.6 is 0 Å². The first-order chi connectivity index (χ1) is 14.0. The maximum atomic E-state index is 12.3. The van der Waals surface area contributed by atoms with Crippen LogP contribution in [0.1, 0.15) is 16.7 Å². The van der Waals surface area contributed by atoms with Gasteiger partial charge in [-0.15, -0.1) is 0 Å². The summed E-state index contributed by atoms with van der Waals surface area (Å²) >= 11 is 0. The molecule has 0 bridgehead atoms. The second-order valence-corrected chi connectivity index (χ2v) is 7.07. The predicted molar refractivity (Wildman–Crippen MR) is 113 cm³/mol. The summed E-state index contributed by atoms with van der Waals surface area (Å²) in [5.74, 6) is -0.837. The molecule has 0 radical (unpaired) electrons. The van der Waals surface area contributed by atoms with Crippen molar-refractivity contribution in [2.75, 3.05) is 11.9 Å². The van der Waals surface area contributed by atoms with Gasteiger partial charge in [0, 0.05) is 16.6 Å². The molecule has 0 aliphatic carbocycles. The minimum atomic E-state index is -0.475. The van der Waals surface area contributed by atoms with Crippen LogP contribution < -0.4 is 5.32 Å².